The van der Waals surface area contributed by atoms with Crippen molar-refractivity contribution in [1.82, 2.24) is 9.55 Å². The first-order valence-corrected chi connectivity index (χ1v) is 10.1. The van der Waals surface area contributed by atoms with Crippen LogP contribution >= 0.6 is 0 Å². The molecule has 4 aromatic rings. The lowest BCUT2D eigenvalue weighted by molar-refractivity contribution is -0.117. The summed E-state index contributed by atoms with van der Waals surface area (Å²) in [7, 11) is 5.46. The van der Waals surface area contributed by atoms with Gasteiger partial charge in [0.15, 0.2) is 0 Å². The number of anilines is 2. The Morgan fingerprint density at radius 3 is 2.48 bits per heavy atom. The van der Waals surface area contributed by atoms with E-state index in [-0.39, 0.29) is 5.91 Å². The van der Waals surface area contributed by atoms with E-state index >= 15 is 0 Å². The van der Waals surface area contributed by atoms with Gasteiger partial charge in [-0.25, -0.2) is 4.98 Å². The summed E-state index contributed by atoms with van der Waals surface area (Å²) in [6, 6.07) is 22.8. The van der Waals surface area contributed by atoms with Crippen LogP contribution in [-0.2, 0) is 11.8 Å². The lowest BCUT2D eigenvalue weighted by atomic mass is 10.0. The zero-order chi connectivity index (χ0) is 22.0. The third-order valence-corrected chi connectivity index (χ3v) is 5.44. The number of nitrogens with zero attached hydrogens (tertiary/aromatic N) is 3. The lowest BCUT2D eigenvalue weighted by Crippen LogP contribution is -2.36. The smallest absolute Gasteiger partial charge is 0.251 e. The minimum Gasteiger partial charge on any atom is -0.495 e. The topological polar surface area (TPSA) is 59.4 Å². The molecule has 4 rings (SSSR count). The standard InChI is InChI=1S/C25H26N4O2/c1-17-14-15-22(31-4)20(16-17)26-24(30)23(18-10-6-5-7-11-18)29(3)25-27-19-12-8-9-13-21(19)28(25)2/h5-16,23H,1-4H3,(H,26,30)/t23-/m0/s1. The van der Waals surface area contributed by atoms with Gasteiger partial charge in [0.1, 0.15) is 11.8 Å². The van der Waals surface area contributed by atoms with Gasteiger partial charge in [0.05, 0.1) is 23.8 Å². The number of aromatic nitrogens is 2. The fraction of sp³-hybridized carbons (Fsp3) is 0.200. The van der Waals surface area contributed by atoms with Gasteiger partial charge in [0.25, 0.3) is 5.91 Å². The molecular formula is C25H26N4O2. The summed E-state index contributed by atoms with van der Waals surface area (Å²) in [5, 5.41) is 3.06. The molecule has 0 unspecified atom stereocenters. The van der Waals surface area contributed by atoms with Gasteiger partial charge in [0.2, 0.25) is 5.95 Å². The number of likely N-dealkylation sites (N-methyl/N-ethyl adjacent to an activating group) is 1. The van der Waals surface area contributed by atoms with Crippen molar-refractivity contribution in [2.24, 2.45) is 7.05 Å². The number of benzene rings is 3. The number of fused-ring (bicyclic) bond motifs is 1. The van der Waals surface area contributed by atoms with Crippen LogP contribution in [0.2, 0.25) is 0 Å². The number of carbonyl (C=O) groups is 1. The van der Waals surface area contributed by atoms with E-state index in [0.717, 1.165) is 22.2 Å². The summed E-state index contributed by atoms with van der Waals surface area (Å²) in [6.07, 6.45) is 0. The van der Waals surface area contributed by atoms with Crippen LogP contribution in [0, 0.1) is 6.92 Å². The molecule has 0 aliphatic heterocycles. The van der Waals surface area contributed by atoms with Crippen molar-refractivity contribution < 1.29 is 9.53 Å². The van der Waals surface area contributed by atoms with Crippen molar-refractivity contribution in [1.29, 1.82) is 0 Å². The third-order valence-electron chi connectivity index (χ3n) is 5.44. The van der Waals surface area contributed by atoms with E-state index in [0.29, 0.717) is 17.4 Å². The first-order valence-electron chi connectivity index (χ1n) is 10.1. The summed E-state index contributed by atoms with van der Waals surface area (Å²) in [5.74, 6) is 1.17. The predicted molar refractivity (Wildman–Crippen MR) is 125 cm³/mol. The van der Waals surface area contributed by atoms with Crippen molar-refractivity contribution in [3.63, 3.8) is 0 Å². The number of amides is 1. The number of para-hydroxylation sites is 2. The van der Waals surface area contributed by atoms with Gasteiger partial charge >= 0.3 is 0 Å². The van der Waals surface area contributed by atoms with Gasteiger partial charge in [0, 0.05) is 14.1 Å². The van der Waals surface area contributed by atoms with Crippen molar-refractivity contribution in [3.8, 4) is 5.75 Å². The summed E-state index contributed by atoms with van der Waals surface area (Å²) >= 11 is 0. The molecule has 6 heteroatoms. The van der Waals surface area contributed by atoms with Crippen molar-refractivity contribution in [2.75, 3.05) is 24.4 Å². The molecule has 0 bridgehead atoms. The Kier molecular flexibility index (Phi) is 5.62. The maximum atomic E-state index is 13.6. The number of carbonyl (C=O) groups excluding carboxylic acids is 1. The number of aryl methyl sites for hydroxylation is 2. The van der Waals surface area contributed by atoms with E-state index in [2.05, 4.69) is 5.32 Å². The van der Waals surface area contributed by atoms with Crippen LogP contribution in [0.1, 0.15) is 17.2 Å². The molecule has 1 heterocycles. The number of hydrogen-bond acceptors (Lipinski definition) is 4. The first kappa shape index (κ1) is 20.5. The predicted octanol–water partition coefficient (Wildman–Crippen LogP) is 4.71. The zero-order valence-electron chi connectivity index (χ0n) is 18.2. The highest BCUT2D eigenvalue weighted by atomic mass is 16.5. The Morgan fingerprint density at radius 1 is 1.06 bits per heavy atom. The molecule has 1 aromatic heterocycles. The molecule has 1 N–H and O–H groups in total. The minimum atomic E-state index is -0.582. The van der Waals surface area contributed by atoms with Crippen LogP contribution < -0.4 is 15.0 Å². The largest absolute Gasteiger partial charge is 0.495 e. The lowest BCUT2D eigenvalue weighted by Gasteiger charge is -2.28. The molecule has 0 fully saturated rings. The molecule has 0 radical (unpaired) electrons. The monoisotopic (exact) mass is 414 g/mol. The van der Waals surface area contributed by atoms with Crippen LogP contribution in [0.3, 0.4) is 0 Å². The second kappa shape index (κ2) is 8.52. The molecule has 31 heavy (non-hydrogen) atoms. The van der Waals surface area contributed by atoms with Crippen LogP contribution in [0.15, 0.2) is 72.8 Å². The second-order valence-electron chi connectivity index (χ2n) is 7.58. The Labute approximate surface area is 182 Å². The quantitative estimate of drug-likeness (QED) is 0.497. The summed E-state index contributed by atoms with van der Waals surface area (Å²) < 4.78 is 7.45. The Bertz CT molecular complexity index is 1220. The van der Waals surface area contributed by atoms with Crippen LogP contribution in [0.25, 0.3) is 11.0 Å². The highest BCUT2D eigenvalue weighted by Gasteiger charge is 2.29. The van der Waals surface area contributed by atoms with Crippen molar-refractivity contribution >= 4 is 28.6 Å². The van der Waals surface area contributed by atoms with Crippen molar-refractivity contribution in [3.05, 3.63) is 83.9 Å². The van der Waals surface area contributed by atoms with Gasteiger partial charge in [-0.1, -0.05) is 48.5 Å². The van der Waals surface area contributed by atoms with E-state index in [4.69, 9.17) is 9.72 Å². The van der Waals surface area contributed by atoms with E-state index in [1.54, 1.807) is 7.11 Å². The Balaban J connectivity index is 1.75. The van der Waals surface area contributed by atoms with Crippen LogP contribution in [-0.4, -0.2) is 29.6 Å². The molecule has 0 saturated heterocycles. The van der Waals surface area contributed by atoms with Crippen LogP contribution in [0.5, 0.6) is 5.75 Å². The normalized spacial score (nSPS) is 11.9. The molecule has 0 aliphatic rings. The average Bonchev–Trinajstić information content (AvgIpc) is 3.11. The van der Waals surface area contributed by atoms with E-state index in [1.807, 2.05) is 103 Å². The fourth-order valence-electron chi connectivity index (χ4n) is 3.87. The molecule has 0 spiro atoms. The van der Waals surface area contributed by atoms with E-state index in [9.17, 15) is 4.79 Å². The van der Waals surface area contributed by atoms with Crippen molar-refractivity contribution in [2.45, 2.75) is 13.0 Å². The Morgan fingerprint density at radius 2 is 1.77 bits per heavy atom. The highest BCUT2D eigenvalue weighted by Crippen LogP contribution is 2.31. The molecule has 6 nitrogen and oxygen atoms in total. The zero-order valence-corrected chi connectivity index (χ0v) is 18.2. The molecule has 158 valence electrons. The van der Waals surface area contributed by atoms with Crippen LogP contribution in [0.4, 0.5) is 11.6 Å². The van der Waals surface area contributed by atoms with Gasteiger partial charge in [-0.05, 0) is 42.3 Å². The molecular weight excluding hydrogens is 388 g/mol. The van der Waals surface area contributed by atoms with Gasteiger partial charge in [-0.3, -0.25) is 4.79 Å². The fourth-order valence-corrected chi connectivity index (χ4v) is 3.87. The number of rotatable bonds is 6. The maximum Gasteiger partial charge on any atom is 0.251 e. The number of hydrogen-bond donors (Lipinski definition) is 1. The SMILES string of the molecule is COc1ccc(C)cc1NC(=O)[C@H](c1ccccc1)N(C)c1nc2ccccc2n1C. The van der Waals surface area contributed by atoms with E-state index < -0.39 is 6.04 Å². The Hall–Kier alpha value is -3.80. The minimum absolute atomic E-state index is 0.162. The van der Waals surface area contributed by atoms with Gasteiger partial charge < -0.3 is 19.5 Å². The average molecular weight is 415 g/mol. The van der Waals surface area contributed by atoms with Gasteiger partial charge in [-0.2, -0.15) is 0 Å². The summed E-state index contributed by atoms with van der Waals surface area (Å²) in [4.78, 5) is 20.3. The number of nitrogens with one attached hydrogen (secondary N) is 1. The molecule has 0 aliphatic carbocycles. The maximum absolute atomic E-state index is 13.6. The highest BCUT2D eigenvalue weighted by molar-refractivity contribution is 5.98. The number of imidazole rings is 1. The molecule has 3 aromatic carbocycles. The number of methoxy groups -OCH3 is 1. The summed E-state index contributed by atoms with van der Waals surface area (Å²) in [5.41, 5.74) is 4.46. The van der Waals surface area contributed by atoms with Gasteiger partial charge in [-0.15, -0.1) is 0 Å². The summed E-state index contributed by atoms with van der Waals surface area (Å²) in [6.45, 7) is 1.98. The second-order valence-corrected chi connectivity index (χ2v) is 7.58. The molecule has 0 saturated carbocycles. The molecule has 1 atom stereocenters. The first-order chi connectivity index (χ1) is 15.0. The third kappa shape index (κ3) is 3.97. The molecule has 1 amide bonds. The van der Waals surface area contributed by atoms with E-state index in [1.165, 1.54) is 0 Å². The number of ether oxygens (including phenoxy) is 1.